The zero-order valence-corrected chi connectivity index (χ0v) is 15.4. The maximum absolute atomic E-state index is 12.7. The molecule has 3 aromatic carbocycles. The third-order valence-electron chi connectivity index (χ3n) is 4.59. The second-order valence-corrected chi connectivity index (χ2v) is 6.76. The van der Waals surface area contributed by atoms with Crippen molar-refractivity contribution in [1.82, 2.24) is 9.78 Å². The summed E-state index contributed by atoms with van der Waals surface area (Å²) in [6, 6.07) is 24.1. The molecule has 0 aliphatic heterocycles. The van der Waals surface area contributed by atoms with Crippen LogP contribution in [0.3, 0.4) is 0 Å². The molecule has 1 heterocycles. The lowest BCUT2D eigenvalue weighted by Gasteiger charge is -2.12. The molecule has 27 heavy (non-hydrogen) atoms. The van der Waals surface area contributed by atoms with Crippen LogP contribution in [0.1, 0.15) is 17.0 Å². The molecular formula is C23H21N3O. The van der Waals surface area contributed by atoms with Gasteiger partial charge in [-0.25, -0.2) is 4.68 Å². The van der Waals surface area contributed by atoms with Gasteiger partial charge in [-0.3, -0.25) is 4.79 Å². The highest BCUT2D eigenvalue weighted by Gasteiger charge is 2.11. The Morgan fingerprint density at radius 2 is 1.67 bits per heavy atom. The van der Waals surface area contributed by atoms with E-state index in [4.69, 9.17) is 0 Å². The monoisotopic (exact) mass is 355 g/mol. The Balaban J connectivity index is 1.57. The molecule has 4 heteroatoms. The number of anilines is 1. The number of benzene rings is 3. The first-order valence-electron chi connectivity index (χ1n) is 9.00. The number of aryl methyl sites for hydroxylation is 2. The number of carbonyl (C=O) groups excluding carboxylic acids is 1. The first-order valence-corrected chi connectivity index (χ1v) is 9.00. The summed E-state index contributed by atoms with van der Waals surface area (Å²) >= 11 is 0. The summed E-state index contributed by atoms with van der Waals surface area (Å²) in [7, 11) is 0. The molecule has 0 fully saturated rings. The van der Waals surface area contributed by atoms with E-state index in [1.807, 2.05) is 67.1 Å². The van der Waals surface area contributed by atoms with Gasteiger partial charge in [-0.05, 0) is 48.4 Å². The van der Waals surface area contributed by atoms with E-state index < -0.39 is 0 Å². The van der Waals surface area contributed by atoms with Gasteiger partial charge in [0.1, 0.15) is 0 Å². The van der Waals surface area contributed by atoms with Crippen LogP contribution in [0.4, 0.5) is 5.69 Å². The molecule has 1 N–H and O–H groups in total. The molecule has 134 valence electrons. The van der Waals surface area contributed by atoms with Crippen molar-refractivity contribution in [2.24, 2.45) is 0 Å². The van der Waals surface area contributed by atoms with Gasteiger partial charge in [0.2, 0.25) is 5.91 Å². The Hall–Kier alpha value is -3.40. The Bertz CT molecular complexity index is 1130. The van der Waals surface area contributed by atoms with Crippen LogP contribution in [-0.4, -0.2) is 15.7 Å². The summed E-state index contributed by atoms with van der Waals surface area (Å²) < 4.78 is 1.86. The zero-order valence-electron chi connectivity index (χ0n) is 15.4. The van der Waals surface area contributed by atoms with Crippen molar-refractivity contribution >= 4 is 22.4 Å². The molecule has 0 unspecified atom stereocenters. The van der Waals surface area contributed by atoms with E-state index >= 15 is 0 Å². The van der Waals surface area contributed by atoms with Crippen molar-refractivity contribution < 1.29 is 4.79 Å². The van der Waals surface area contributed by atoms with Crippen LogP contribution in [0, 0.1) is 13.8 Å². The van der Waals surface area contributed by atoms with Crippen molar-refractivity contribution in [3.63, 3.8) is 0 Å². The normalized spacial score (nSPS) is 10.9. The maximum Gasteiger partial charge on any atom is 0.228 e. The van der Waals surface area contributed by atoms with Crippen LogP contribution in [0.2, 0.25) is 0 Å². The summed E-state index contributed by atoms with van der Waals surface area (Å²) in [5.74, 6) is -0.0423. The van der Waals surface area contributed by atoms with Crippen LogP contribution >= 0.6 is 0 Å². The van der Waals surface area contributed by atoms with Crippen LogP contribution in [0.5, 0.6) is 0 Å². The number of hydrogen-bond acceptors (Lipinski definition) is 2. The summed E-state index contributed by atoms with van der Waals surface area (Å²) in [6.07, 6.45) is 0.330. The first-order chi connectivity index (χ1) is 13.1. The average Bonchev–Trinajstić information content (AvgIpc) is 3.00. The molecule has 0 aliphatic rings. The molecule has 4 aromatic rings. The summed E-state index contributed by atoms with van der Waals surface area (Å²) in [4.78, 5) is 12.7. The SMILES string of the molecule is Cc1cc(C)n(-c2ccccc2NC(=O)Cc2ccc3ccccc3c2)n1. The third kappa shape index (κ3) is 3.60. The highest BCUT2D eigenvalue weighted by molar-refractivity contribution is 5.95. The third-order valence-corrected chi connectivity index (χ3v) is 4.59. The van der Waals surface area contributed by atoms with E-state index in [1.54, 1.807) is 0 Å². The number of nitrogens with one attached hydrogen (secondary N) is 1. The Labute approximate surface area is 158 Å². The predicted molar refractivity (Wildman–Crippen MR) is 109 cm³/mol. The lowest BCUT2D eigenvalue weighted by atomic mass is 10.0. The maximum atomic E-state index is 12.7. The smallest absolute Gasteiger partial charge is 0.228 e. The molecule has 0 saturated heterocycles. The van der Waals surface area contributed by atoms with E-state index in [9.17, 15) is 4.79 Å². The van der Waals surface area contributed by atoms with Crippen molar-refractivity contribution in [1.29, 1.82) is 0 Å². The first kappa shape index (κ1) is 17.0. The molecule has 1 amide bonds. The fourth-order valence-corrected chi connectivity index (χ4v) is 3.37. The quantitative estimate of drug-likeness (QED) is 0.570. The fraction of sp³-hybridized carbons (Fsp3) is 0.130. The Morgan fingerprint density at radius 3 is 2.44 bits per heavy atom. The van der Waals surface area contributed by atoms with Gasteiger partial charge in [0.15, 0.2) is 0 Å². The highest BCUT2D eigenvalue weighted by atomic mass is 16.1. The number of rotatable bonds is 4. The van der Waals surface area contributed by atoms with Crippen LogP contribution < -0.4 is 5.32 Å². The molecule has 4 nitrogen and oxygen atoms in total. The van der Waals surface area contributed by atoms with Crippen LogP contribution in [0.25, 0.3) is 16.5 Å². The second kappa shape index (κ2) is 7.08. The standard InChI is InChI=1S/C23H21N3O/c1-16-13-17(2)26(25-16)22-10-6-5-9-21(22)24-23(27)15-18-11-12-19-7-3-4-8-20(19)14-18/h3-14H,15H2,1-2H3,(H,24,27). The molecule has 0 aliphatic carbocycles. The van der Waals surface area contributed by atoms with E-state index in [1.165, 1.54) is 5.39 Å². The molecule has 0 radical (unpaired) electrons. The number of fused-ring (bicyclic) bond motifs is 1. The van der Waals surface area contributed by atoms with Gasteiger partial charge in [0.05, 0.1) is 23.5 Å². The Morgan fingerprint density at radius 1 is 0.926 bits per heavy atom. The fourth-order valence-electron chi connectivity index (χ4n) is 3.37. The second-order valence-electron chi connectivity index (χ2n) is 6.76. The van der Waals surface area contributed by atoms with Crippen molar-refractivity contribution in [3.8, 4) is 5.69 Å². The molecule has 4 rings (SSSR count). The number of hydrogen-bond donors (Lipinski definition) is 1. The Kier molecular flexibility index (Phi) is 4.47. The predicted octanol–water partition coefficient (Wildman–Crippen LogP) is 4.82. The minimum Gasteiger partial charge on any atom is -0.324 e. The van der Waals surface area contributed by atoms with E-state index in [-0.39, 0.29) is 5.91 Å². The summed E-state index contributed by atoms with van der Waals surface area (Å²) in [6.45, 7) is 3.97. The van der Waals surface area contributed by atoms with Crippen LogP contribution in [0.15, 0.2) is 72.8 Å². The van der Waals surface area contributed by atoms with E-state index in [0.717, 1.165) is 33.7 Å². The van der Waals surface area contributed by atoms with Gasteiger partial charge in [0.25, 0.3) is 0 Å². The van der Waals surface area contributed by atoms with Crippen molar-refractivity contribution in [2.75, 3.05) is 5.32 Å². The number of aromatic nitrogens is 2. The van der Waals surface area contributed by atoms with E-state index in [0.29, 0.717) is 6.42 Å². The molecule has 0 bridgehead atoms. The number of amides is 1. The van der Waals surface area contributed by atoms with Crippen LogP contribution in [-0.2, 0) is 11.2 Å². The minimum absolute atomic E-state index is 0.0423. The lowest BCUT2D eigenvalue weighted by molar-refractivity contribution is -0.115. The van der Waals surface area contributed by atoms with Gasteiger partial charge in [-0.15, -0.1) is 0 Å². The highest BCUT2D eigenvalue weighted by Crippen LogP contribution is 2.22. The average molecular weight is 355 g/mol. The number of para-hydroxylation sites is 2. The molecule has 1 aromatic heterocycles. The molecular weight excluding hydrogens is 334 g/mol. The summed E-state index contributed by atoms with van der Waals surface area (Å²) in [5.41, 5.74) is 4.60. The largest absolute Gasteiger partial charge is 0.324 e. The summed E-state index contributed by atoms with van der Waals surface area (Å²) in [5, 5.41) is 9.90. The molecule has 0 atom stereocenters. The molecule has 0 spiro atoms. The van der Waals surface area contributed by atoms with Gasteiger partial charge >= 0.3 is 0 Å². The minimum atomic E-state index is -0.0423. The number of nitrogens with zero attached hydrogens (tertiary/aromatic N) is 2. The van der Waals surface area contributed by atoms with Gasteiger partial charge in [-0.1, -0.05) is 54.6 Å². The van der Waals surface area contributed by atoms with Gasteiger partial charge in [0, 0.05) is 5.69 Å². The van der Waals surface area contributed by atoms with E-state index in [2.05, 4.69) is 34.7 Å². The topological polar surface area (TPSA) is 46.9 Å². The van der Waals surface area contributed by atoms with Gasteiger partial charge < -0.3 is 5.32 Å². The lowest BCUT2D eigenvalue weighted by Crippen LogP contribution is -2.16. The van der Waals surface area contributed by atoms with Crippen molar-refractivity contribution in [3.05, 3.63) is 89.7 Å². The van der Waals surface area contributed by atoms with Crippen molar-refractivity contribution in [2.45, 2.75) is 20.3 Å². The number of carbonyl (C=O) groups is 1. The molecule has 0 saturated carbocycles. The zero-order chi connectivity index (χ0) is 18.8. The van der Waals surface area contributed by atoms with Gasteiger partial charge in [-0.2, -0.15) is 5.10 Å².